The molecule has 0 saturated heterocycles. The van der Waals surface area contributed by atoms with Crippen LogP contribution < -0.4 is 10.9 Å². The lowest BCUT2D eigenvalue weighted by Gasteiger charge is -2.17. The van der Waals surface area contributed by atoms with Crippen molar-refractivity contribution < 1.29 is 9.59 Å². The van der Waals surface area contributed by atoms with Gasteiger partial charge in [-0.1, -0.05) is 35.9 Å². The highest BCUT2D eigenvalue weighted by Gasteiger charge is 2.18. The Labute approximate surface area is 123 Å². The molecule has 0 fully saturated rings. The lowest BCUT2D eigenvalue weighted by molar-refractivity contribution is -0.131. The molecule has 0 unspecified atom stereocenters. The second-order valence-electron chi connectivity index (χ2n) is 4.82. The monoisotopic (exact) mass is 292 g/mol. The molecule has 1 aliphatic carbocycles. The van der Waals surface area contributed by atoms with E-state index in [0.717, 1.165) is 24.8 Å². The number of carbonyl (C=O) groups excluding carboxylic acids is 2. The number of allylic oxidation sites excluding steroid dienone is 2. The van der Waals surface area contributed by atoms with E-state index in [-0.39, 0.29) is 24.2 Å². The maximum absolute atomic E-state index is 11.8. The number of nitrogens with one attached hydrogen (secondary N) is 2. The first-order valence-electron chi connectivity index (χ1n) is 6.63. The molecular formula is C15H17ClN2O2. The number of hydrogen-bond donors (Lipinski definition) is 2. The summed E-state index contributed by atoms with van der Waals surface area (Å²) in [6, 6.07) is 7.04. The second-order valence-corrected chi connectivity index (χ2v) is 5.26. The maximum Gasteiger partial charge on any atom is 0.242 e. The van der Waals surface area contributed by atoms with Crippen LogP contribution in [-0.4, -0.2) is 11.8 Å². The molecule has 2 N–H and O–H groups in total. The second kappa shape index (κ2) is 7.10. The summed E-state index contributed by atoms with van der Waals surface area (Å²) in [7, 11) is 0. The van der Waals surface area contributed by atoms with Crippen LogP contribution in [0.25, 0.3) is 0 Å². The van der Waals surface area contributed by atoms with Crippen LogP contribution in [0.5, 0.6) is 0 Å². The first kappa shape index (κ1) is 14.6. The minimum absolute atomic E-state index is 0.0455. The predicted molar refractivity (Wildman–Crippen MR) is 77.9 cm³/mol. The van der Waals surface area contributed by atoms with E-state index in [4.69, 9.17) is 11.6 Å². The Bertz CT molecular complexity index is 511. The standard InChI is InChI=1S/C15H17ClN2O2/c16-13-8-6-11(7-9-13)10-14(19)17-18-15(20)12-4-2-1-3-5-12/h1-2,6-9,12H,3-5,10H2,(H,17,19)(H,18,20)/t12-/m0/s1. The molecule has 1 aliphatic rings. The molecule has 0 radical (unpaired) electrons. The number of carbonyl (C=O) groups is 2. The Hall–Kier alpha value is -1.81. The third-order valence-corrected chi connectivity index (χ3v) is 3.49. The molecule has 106 valence electrons. The van der Waals surface area contributed by atoms with E-state index in [9.17, 15) is 9.59 Å². The van der Waals surface area contributed by atoms with Gasteiger partial charge in [0.2, 0.25) is 11.8 Å². The van der Waals surface area contributed by atoms with Gasteiger partial charge in [-0.25, -0.2) is 0 Å². The Morgan fingerprint density at radius 2 is 1.90 bits per heavy atom. The largest absolute Gasteiger partial charge is 0.273 e. The van der Waals surface area contributed by atoms with Gasteiger partial charge in [-0.05, 0) is 37.0 Å². The molecule has 0 saturated carbocycles. The predicted octanol–water partition coefficient (Wildman–Crippen LogP) is 2.39. The van der Waals surface area contributed by atoms with E-state index in [2.05, 4.69) is 16.9 Å². The molecule has 2 rings (SSSR count). The summed E-state index contributed by atoms with van der Waals surface area (Å²) in [6.45, 7) is 0. The zero-order chi connectivity index (χ0) is 14.4. The minimum Gasteiger partial charge on any atom is -0.273 e. The van der Waals surface area contributed by atoms with Gasteiger partial charge < -0.3 is 0 Å². The summed E-state index contributed by atoms with van der Waals surface area (Å²) in [5, 5.41) is 0.632. The number of amides is 2. The molecule has 0 aromatic heterocycles. The van der Waals surface area contributed by atoms with Crippen LogP contribution in [0.4, 0.5) is 0 Å². The SMILES string of the molecule is O=C(Cc1ccc(Cl)cc1)NNC(=O)[C@H]1CC=CCC1. The van der Waals surface area contributed by atoms with Crippen molar-refractivity contribution in [1.82, 2.24) is 10.9 Å². The van der Waals surface area contributed by atoms with E-state index in [1.165, 1.54) is 0 Å². The Morgan fingerprint density at radius 1 is 1.15 bits per heavy atom. The molecule has 1 atom stereocenters. The van der Waals surface area contributed by atoms with E-state index in [0.29, 0.717) is 5.02 Å². The van der Waals surface area contributed by atoms with Gasteiger partial charge >= 0.3 is 0 Å². The van der Waals surface area contributed by atoms with E-state index < -0.39 is 0 Å². The van der Waals surface area contributed by atoms with Crippen molar-refractivity contribution in [1.29, 1.82) is 0 Å². The van der Waals surface area contributed by atoms with Gasteiger partial charge in [0.25, 0.3) is 0 Å². The zero-order valence-electron chi connectivity index (χ0n) is 11.1. The van der Waals surface area contributed by atoms with Crippen LogP contribution in [0, 0.1) is 5.92 Å². The van der Waals surface area contributed by atoms with Crippen molar-refractivity contribution >= 4 is 23.4 Å². The van der Waals surface area contributed by atoms with Gasteiger partial charge in [0, 0.05) is 10.9 Å². The highest BCUT2D eigenvalue weighted by atomic mass is 35.5. The Balaban J connectivity index is 1.75. The number of hydrazine groups is 1. The average molecular weight is 293 g/mol. The minimum atomic E-state index is -0.243. The normalized spacial score (nSPS) is 17.6. The number of halogens is 1. The molecule has 5 heteroatoms. The fraction of sp³-hybridized carbons (Fsp3) is 0.333. The summed E-state index contributed by atoms with van der Waals surface area (Å²) < 4.78 is 0. The summed E-state index contributed by atoms with van der Waals surface area (Å²) >= 11 is 5.77. The molecule has 0 aliphatic heterocycles. The molecule has 1 aromatic carbocycles. The molecule has 1 aromatic rings. The number of benzene rings is 1. The molecule has 2 amide bonds. The van der Waals surface area contributed by atoms with Crippen molar-refractivity contribution in [3.63, 3.8) is 0 Å². The highest BCUT2D eigenvalue weighted by Crippen LogP contribution is 2.17. The van der Waals surface area contributed by atoms with Gasteiger partial charge in [0.15, 0.2) is 0 Å². The Morgan fingerprint density at radius 3 is 2.55 bits per heavy atom. The smallest absolute Gasteiger partial charge is 0.242 e. The lowest BCUT2D eigenvalue weighted by atomic mass is 9.94. The van der Waals surface area contributed by atoms with Crippen LogP contribution >= 0.6 is 11.6 Å². The zero-order valence-corrected chi connectivity index (χ0v) is 11.8. The third kappa shape index (κ3) is 4.38. The highest BCUT2D eigenvalue weighted by molar-refractivity contribution is 6.30. The van der Waals surface area contributed by atoms with E-state index in [1.807, 2.05) is 6.08 Å². The van der Waals surface area contributed by atoms with Crippen molar-refractivity contribution in [3.05, 3.63) is 47.0 Å². The fourth-order valence-corrected chi connectivity index (χ4v) is 2.22. The molecule has 0 spiro atoms. The van der Waals surface area contributed by atoms with Gasteiger partial charge in [0.05, 0.1) is 6.42 Å². The lowest BCUT2D eigenvalue weighted by Crippen LogP contribution is -2.45. The molecule has 0 bridgehead atoms. The van der Waals surface area contributed by atoms with Crippen molar-refractivity contribution in [2.45, 2.75) is 25.7 Å². The maximum atomic E-state index is 11.8. The van der Waals surface area contributed by atoms with Crippen LogP contribution in [0.2, 0.25) is 5.02 Å². The van der Waals surface area contributed by atoms with Crippen molar-refractivity contribution in [2.24, 2.45) is 5.92 Å². The van der Waals surface area contributed by atoms with Gasteiger partial charge in [-0.3, -0.25) is 20.4 Å². The molecular weight excluding hydrogens is 276 g/mol. The van der Waals surface area contributed by atoms with Crippen LogP contribution in [0.3, 0.4) is 0 Å². The summed E-state index contributed by atoms with van der Waals surface area (Å²) in [5.74, 6) is -0.415. The number of hydrogen-bond acceptors (Lipinski definition) is 2. The van der Waals surface area contributed by atoms with Gasteiger partial charge in [-0.15, -0.1) is 0 Å². The average Bonchev–Trinajstić information content (AvgIpc) is 2.48. The third-order valence-electron chi connectivity index (χ3n) is 3.24. The quantitative estimate of drug-likeness (QED) is 0.664. The molecule has 20 heavy (non-hydrogen) atoms. The summed E-state index contributed by atoms with van der Waals surface area (Å²) in [4.78, 5) is 23.5. The first-order valence-corrected chi connectivity index (χ1v) is 7.01. The van der Waals surface area contributed by atoms with Gasteiger partial charge in [0.1, 0.15) is 0 Å². The van der Waals surface area contributed by atoms with Crippen molar-refractivity contribution in [3.8, 4) is 0 Å². The summed E-state index contributed by atoms with van der Waals surface area (Å²) in [5.41, 5.74) is 5.78. The number of rotatable bonds is 3. The molecule has 4 nitrogen and oxygen atoms in total. The van der Waals surface area contributed by atoms with E-state index in [1.54, 1.807) is 24.3 Å². The van der Waals surface area contributed by atoms with Crippen LogP contribution in [0.1, 0.15) is 24.8 Å². The van der Waals surface area contributed by atoms with Crippen LogP contribution in [0.15, 0.2) is 36.4 Å². The Kier molecular flexibility index (Phi) is 5.18. The fourth-order valence-electron chi connectivity index (χ4n) is 2.10. The first-order chi connectivity index (χ1) is 9.65. The summed E-state index contributed by atoms with van der Waals surface area (Å²) in [6.07, 6.45) is 6.76. The van der Waals surface area contributed by atoms with Crippen molar-refractivity contribution in [2.75, 3.05) is 0 Å². The van der Waals surface area contributed by atoms with Gasteiger partial charge in [-0.2, -0.15) is 0 Å². The van der Waals surface area contributed by atoms with E-state index >= 15 is 0 Å². The topological polar surface area (TPSA) is 58.2 Å². The molecule has 0 heterocycles. The van der Waals surface area contributed by atoms with Crippen LogP contribution in [-0.2, 0) is 16.0 Å².